The molecule has 0 unspecified atom stereocenters. The lowest BCUT2D eigenvalue weighted by Crippen LogP contribution is -2.30. The number of nitrogens with zero attached hydrogens (tertiary/aromatic N) is 2. The Hall–Kier alpha value is -3.36. The quantitative estimate of drug-likeness (QED) is 0.709. The fourth-order valence-electron chi connectivity index (χ4n) is 3.17. The average molecular weight is 440 g/mol. The van der Waals surface area contributed by atoms with Gasteiger partial charge in [-0.1, -0.05) is 72.8 Å². The Morgan fingerprint density at radius 2 is 1.12 bits per heavy atom. The normalized spacial score (nSPS) is 19.3. The summed E-state index contributed by atoms with van der Waals surface area (Å²) in [6.07, 6.45) is 1.42. The van der Waals surface area contributed by atoms with Gasteiger partial charge in [0.15, 0.2) is 0 Å². The van der Waals surface area contributed by atoms with Gasteiger partial charge in [-0.25, -0.2) is 9.59 Å². The van der Waals surface area contributed by atoms with Crippen molar-refractivity contribution in [1.29, 1.82) is 0 Å². The van der Waals surface area contributed by atoms with E-state index in [1.54, 1.807) is 4.90 Å². The van der Waals surface area contributed by atoms with E-state index in [9.17, 15) is 19.8 Å². The third-order valence-corrected chi connectivity index (χ3v) is 5.00. The van der Waals surface area contributed by atoms with Gasteiger partial charge in [0, 0.05) is 13.1 Å². The standard InChI is InChI=1S/C12H15NO4.C12H13NO2/c14-10-6-13(7-11(10)15)12(16)17-8-9-4-2-1-3-5-9;14-12(13-8-4-5-9-13)15-10-11-6-2-1-3-7-11/h1-5,10-11,14-15H,6-8H2;1-7H,8-10H2/t10-,11+;. The number of carbonyl (C=O) groups excluding carboxylic acids is 2. The topological polar surface area (TPSA) is 99.5 Å². The van der Waals surface area contributed by atoms with Crippen LogP contribution in [0.5, 0.6) is 0 Å². The summed E-state index contributed by atoms with van der Waals surface area (Å²) in [4.78, 5) is 26.0. The first-order valence-electron chi connectivity index (χ1n) is 10.5. The van der Waals surface area contributed by atoms with E-state index in [1.807, 2.05) is 72.8 Å². The Kier molecular flexibility index (Phi) is 8.65. The highest BCUT2D eigenvalue weighted by atomic mass is 16.6. The number of hydrogen-bond acceptors (Lipinski definition) is 6. The predicted molar refractivity (Wildman–Crippen MR) is 118 cm³/mol. The molecule has 0 saturated carbocycles. The second-order valence-corrected chi connectivity index (χ2v) is 7.50. The number of hydrogen-bond donors (Lipinski definition) is 2. The molecule has 0 aliphatic carbocycles. The third kappa shape index (κ3) is 7.11. The minimum Gasteiger partial charge on any atom is -0.445 e. The third-order valence-electron chi connectivity index (χ3n) is 5.00. The van der Waals surface area contributed by atoms with Gasteiger partial charge in [0.2, 0.25) is 0 Å². The Balaban J connectivity index is 0.000000182. The van der Waals surface area contributed by atoms with Crippen molar-refractivity contribution in [2.45, 2.75) is 25.4 Å². The number of aliphatic hydroxyl groups excluding tert-OH is 2. The van der Waals surface area contributed by atoms with E-state index >= 15 is 0 Å². The van der Waals surface area contributed by atoms with E-state index in [1.165, 1.54) is 4.90 Å². The summed E-state index contributed by atoms with van der Waals surface area (Å²) in [5.74, 6) is 0. The maximum absolute atomic E-state index is 11.6. The van der Waals surface area contributed by atoms with Gasteiger partial charge in [0.25, 0.3) is 0 Å². The summed E-state index contributed by atoms with van der Waals surface area (Å²) < 4.78 is 10.2. The first-order valence-corrected chi connectivity index (χ1v) is 10.5. The molecule has 0 bridgehead atoms. The molecule has 2 aliphatic heterocycles. The van der Waals surface area contributed by atoms with Gasteiger partial charge in [-0.2, -0.15) is 0 Å². The number of benzene rings is 2. The smallest absolute Gasteiger partial charge is 0.410 e. The first-order chi connectivity index (χ1) is 15.5. The molecule has 2 N–H and O–H groups in total. The number of aliphatic hydroxyl groups is 2. The van der Waals surface area contributed by atoms with Gasteiger partial charge in [0.05, 0.1) is 25.3 Å². The van der Waals surface area contributed by atoms with Crippen molar-refractivity contribution in [3.05, 3.63) is 83.9 Å². The lowest BCUT2D eigenvalue weighted by atomic mass is 10.2. The zero-order chi connectivity index (χ0) is 22.8. The van der Waals surface area contributed by atoms with Crippen LogP contribution in [0.25, 0.3) is 0 Å². The zero-order valence-corrected chi connectivity index (χ0v) is 17.7. The second-order valence-electron chi connectivity index (χ2n) is 7.50. The van der Waals surface area contributed by atoms with E-state index in [-0.39, 0.29) is 25.8 Å². The van der Waals surface area contributed by atoms with Crippen LogP contribution in [0.2, 0.25) is 0 Å². The predicted octanol–water partition coefficient (Wildman–Crippen LogP) is 2.56. The van der Waals surface area contributed by atoms with Crippen LogP contribution in [0.15, 0.2) is 72.8 Å². The Morgan fingerprint density at radius 1 is 0.719 bits per heavy atom. The number of ether oxygens (including phenoxy) is 2. The summed E-state index contributed by atoms with van der Waals surface area (Å²) in [6.45, 7) is 2.10. The van der Waals surface area contributed by atoms with Crippen molar-refractivity contribution in [3.8, 4) is 0 Å². The number of carbonyl (C=O) groups is 2. The number of likely N-dealkylation sites (tertiary alicyclic amines) is 1. The first kappa shape index (κ1) is 23.3. The van der Waals surface area contributed by atoms with Gasteiger partial charge in [-0.05, 0) is 11.1 Å². The van der Waals surface area contributed by atoms with Crippen molar-refractivity contribution >= 4 is 12.2 Å². The molecule has 0 spiro atoms. The SMILES string of the molecule is O=C(OCc1ccccc1)N1CC=CC1.O=C(OCc1ccccc1)N1C[C@@H](O)[C@@H](O)C1. The van der Waals surface area contributed by atoms with Gasteiger partial charge in [-0.15, -0.1) is 0 Å². The van der Waals surface area contributed by atoms with Crippen LogP contribution in [0.1, 0.15) is 11.1 Å². The molecule has 2 heterocycles. The van der Waals surface area contributed by atoms with E-state index in [0.717, 1.165) is 11.1 Å². The summed E-state index contributed by atoms with van der Waals surface area (Å²) >= 11 is 0. The Labute approximate surface area is 187 Å². The molecule has 8 nitrogen and oxygen atoms in total. The Morgan fingerprint density at radius 3 is 1.56 bits per heavy atom. The molecule has 8 heteroatoms. The minimum atomic E-state index is -0.876. The average Bonchev–Trinajstić information content (AvgIpc) is 3.48. The molecule has 1 fully saturated rings. The lowest BCUT2D eigenvalue weighted by Gasteiger charge is -2.15. The molecule has 2 atom stereocenters. The molecule has 2 aromatic carbocycles. The number of β-amino-alcohol motifs (C(OH)–C–C–N with tert-alkyl or cyclic N) is 2. The van der Waals surface area contributed by atoms with Crippen LogP contribution in [-0.4, -0.2) is 70.6 Å². The van der Waals surface area contributed by atoms with Crippen LogP contribution in [0, 0.1) is 0 Å². The molecule has 2 aliphatic rings. The van der Waals surface area contributed by atoms with Crippen molar-refractivity contribution in [1.82, 2.24) is 9.80 Å². The molecular weight excluding hydrogens is 412 g/mol. The molecule has 4 rings (SSSR count). The van der Waals surface area contributed by atoms with Crippen LogP contribution in [0.3, 0.4) is 0 Å². The van der Waals surface area contributed by atoms with Gasteiger partial charge < -0.3 is 29.5 Å². The van der Waals surface area contributed by atoms with Crippen molar-refractivity contribution < 1.29 is 29.3 Å². The summed E-state index contributed by atoms with van der Waals surface area (Å²) in [5.41, 5.74) is 1.92. The molecule has 32 heavy (non-hydrogen) atoms. The lowest BCUT2D eigenvalue weighted by molar-refractivity contribution is 0.0572. The van der Waals surface area contributed by atoms with Crippen molar-refractivity contribution in [2.24, 2.45) is 0 Å². The van der Waals surface area contributed by atoms with Gasteiger partial charge in [0.1, 0.15) is 13.2 Å². The fourth-order valence-corrected chi connectivity index (χ4v) is 3.17. The van der Waals surface area contributed by atoms with Crippen molar-refractivity contribution in [2.75, 3.05) is 26.2 Å². The summed E-state index contributed by atoms with van der Waals surface area (Å²) in [7, 11) is 0. The fraction of sp³-hybridized carbons (Fsp3) is 0.333. The monoisotopic (exact) mass is 440 g/mol. The molecule has 2 aromatic rings. The highest BCUT2D eigenvalue weighted by Gasteiger charge is 2.33. The minimum absolute atomic E-state index is 0.120. The number of rotatable bonds is 4. The molecule has 170 valence electrons. The molecule has 1 saturated heterocycles. The maximum Gasteiger partial charge on any atom is 0.410 e. The van der Waals surface area contributed by atoms with Gasteiger partial charge >= 0.3 is 12.2 Å². The highest BCUT2D eigenvalue weighted by molar-refractivity contribution is 5.68. The number of amides is 2. The van der Waals surface area contributed by atoms with Gasteiger partial charge in [-0.3, -0.25) is 0 Å². The Bertz CT molecular complexity index is 872. The molecule has 2 amide bonds. The molecule has 0 radical (unpaired) electrons. The van der Waals surface area contributed by atoms with E-state index in [2.05, 4.69) is 0 Å². The molecule has 0 aromatic heterocycles. The van der Waals surface area contributed by atoms with Crippen LogP contribution in [-0.2, 0) is 22.7 Å². The van der Waals surface area contributed by atoms with Crippen LogP contribution >= 0.6 is 0 Å². The zero-order valence-electron chi connectivity index (χ0n) is 17.7. The van der Waals surface area contributed by atoms with E-state index in [4.69, 9.17) is 9.47 Å². The largest absolute Gasteiger partial charge is 0.445 e. The molecular formula is C24H28N2O6. The van der Waals surface area contributed by atoms with E-state index in [0.29, 0.717) is 19.7 Å². The highest BCUT2D eigenvalue weighted by Crippen LogP contribution is 2.12. The second kappa shape index (κ2) is 11.9. The summed E-state index contributed by atoms with van der Waals surface area (Å²) in [6, 6.07) is 19.0. The maximum atomic E-state index is 11.6. The summed E-state index contributed by atoms with van der Waals surface area (Å²) in [5, 5.41) is 18.6. The van der Waals surface area contributed by atoms with Crippen molar-refractivity contribution in [3.63, 3.8) is 0 Å². The van der Waals surface area contributed by atoms with Crippen LogP contribution < -0.4 is 0 Å². The van der Waals surface area contributed by atoms with E-state index < -0.39 is 18.3 Å². The van der Waals surface area contributed by atoms with Crippen LogP contribution in [0.4, 0.5) is 9.59 Å².